The SMILES string of the molecule is CC\C=C/C=C\C=C/C=C\C=C/CCCC(=O)OCC(COC(=O)CCCCCCC\C=C/C=C\C=C/C=C\CCCCC)OC(=O)CCC/C=C\C/C=C\C/C=C\CCCCCCCC. The van der Waals surface area contributed by atoms with E-state index in [-0.39, 0.29) is 38.0 Å². The maximum Gasteiger partial charge on any atom is 0.306 e. The summed E-state index contributed by atoms with van der Waals surface area (Å²) in [5, 5.41) is 0. The second-order valence-corrected chi connectivity index (χ2v) is 16.6. The lowest BCUT2D eigenvalue weighted by Crippen LogP contribution is -2.30. The average molecular weight is 909 g/mol. The molecule has 0 saturated heterocycles. The number of esters is 3. The summed E-state index contributed by atoms with van der Waals surface area (Å²) in [7, 11) is 0. The molecule has 0 radical (unpaired) electrons. The van der Waals surface area contributed by atoms with Gasteiger partial charge in [-0.3, -0.25) is 14.4 Å². The molecule has 0 saturated carbocycles. The van der Waals surface area contributed by atoms with Gasteiger partial charge in [0.25, 0.3) is 0 Å². The molecule has 0 aliphatic heterocycles. The Labute approximate surface area is 404 Å². The molecule has 0 aromatic heterocycles. The van der Waals surface area contributed by atoms with Crippen LogP contribution in [0.2, 0.25) is 0 Å². The molecule has 0 spiro atoms. The van der Waals surface area contributed by atoms with Gasteiger partial charge in [-0.15, -0.1) is 0 Å². The molecule has 0 heterocycles. The van der Waals surface area contributed by atoms with Crippen molar-refractivity contribution < 1.29 is 28.6 Å². The van der Waals surface area contributed by atoms with E-state index in [1.807, 2.05) is 54.7 Å². The van der Waals surface area contributed by atoms with Gasteiger partial charge in [-0.2, -0.15) is 0 Å². The van der Waals surface area contributed by atoms with Crippen LogP contribution in [-0.2, 0) is 28.6 Å². The fraction of sp³-hybridized carbons (Fsp3) is 0.550. The zero-order valence-corrected chi connectivity index (χ0v) is 41.9. The number of carbonyl (C=O) groups excluding carboxylic acids is 3. The summed E-state index contributed by atoms with van der Waals surface area (Å²) >= 11 is 0. The van der Waals surface area contributed by atoms with E-state index in [1.165, 1.54) is 64.2 Å². The highest BCUT2D eigenvalue weighted by Crippen LogP contribution is 2.11. The first kappa shape index (κ1) is 61.3. The normalized spacial score (nSPS) is 13.3. The highest BCUT2D eigenvalue weighted by molar-refractivity contribution is 5.71. The smallest absolute Gasteiger partial charge is 0.306 e. The highest BCUT2D eigenvalue weighted by atomic mass is 16.6. The van der Waals surface area contributed by atoms with E-state index < -0.39 is 12.1 Å². The summed E-state index contributed by atoms with van der Waals surface area (Å²) in [6, 6.07) is 0. The van der Waals surface area contributed by atoms with E-state index in [0.717, 1.165) is 77.0 Å². The molecule has 0 bridgehead atoms. The Balaban J connectivity index is 4.63. The summed E-state index contributed by atoms with van der Waals surface area (Å²) in [4.78, 5) is 37.9. The maximum atomic E-state index is 12.8. The van der Waals surface area contributed by atoms with Crippen LogP contribution >= 0.6 is 0 Å². The van der Waals surface area contributed by atoms with Crippen LogP contribution < -0.4 is 0 Å². The predicted molar refractivity (Wildman–Crippen MR) is 283 cm³/mol. The molecule has 1 atom stereocenters. The fourth-order valence-electron chi connectivity index (χ4n) is 6.38. The Morgan fingerprint density at radius 3 is 1.17 bits per heavy atom. The molecular weight excluding hydrogens is 817 g/mol. The quantitative estimate of drug-likeness (QED) is 0.0199. The lowest BCUT2D eigenvalue weighted by Gasteiger charge is -2.18. The lowest BCUT2D eigenvalue weighted by atomic mass is 10.1. The van der Waals surface area contributed by atoms with Gasteiger partial charge in [0, 0.05) is 19.3 Å². The standard InChI is InChI=1S/C60H92O6/c1-4-7-10-13-16-19-22-25-27-29-31-32-35-38-41-44-47-50-53-59(62)65-56-57(55-64-58(61)52-49-46-43-40-37-34-24-21-18-15-12-9-6-3)66-60(63)54-51-48-45-42-39-36-33-30-28-26-23-20-17-14-11-8-5-2/h9,12,15-16,18-19,21-22,24-29,31-34,36-37,40,42-43,45,57H,4-8,10-11,13-14,17,20,23,30,35,38-39,41,44,46-56H2,1-3H3/b12-9-,18-15-,19-16-,24-21-,25-22-,28-26-,29-27-,32-31-,36-33-,37-34-,43-40-,45-42-. The monoisotopic (exact) mass is 909 g/mol. The van der Waals surface area contributed by atoms with E-state index in [2.05, 4.69) is 112 Å². The van der Waals surface area contributed by atoms with Gasteiger partial charge < -0.3 is 14.2 Å². The van der Waals surface area contributed by atoms with Crippen LogP contribution in [0.5, 0.6) is 0 Å². The predicted octanol–water partition coefficient (Wildman–Crippen LogP) is 17.3. The number of carbonyl (C=O) groups is 3. The van der Waals surface area contributed by atoms with Gasteiger partial charge in [0.1, 0.15) is 13.2 Å². The van der Waals surface area contributed by atoms with Crippen LogP contribution in [0.1, 0.15) is 194 Å². The molecule has 0 fully saturated rings. The third-order valence-electron chi connectivity index (χ3n) is 10.3. The van der Waals surface area contributed by atoms with E-state index in [1.54, 1.807) is 0 Å². The molecule has 0 amide bonds. The summed E-state index contributed by atoms with van der Waals surface area (Å²) in [5.41, 5.74) is 0. The maximum absolute atomic E-state index is 12.8. The van der Waals surface area contributed by atoms with E-state index in [9.17, 15) is 14.4 Å². The molecular formula is C60H92O6. The summed E-state index contributed by atoms with van der Waals surface area (Å²) in [6.07, 6.45) is 75.5. The molecule has 0 N–H and O–H groups in total. The molecule has 6 nitrogen and oxygen atoms in total. The number of ether oxygens (including phenoxy) is 3. The van der Waals surface area contributed by atoms with Crippen molar-refractivity contribution in [1.82, 2.24) is 0 Å². The minimum atomic E-state index is -0.849. The average Bonchev–Trinajstić information content (AvgIpc) is 3.31. The summed E-state index contributed by atoms with van der Waals surface area (Å²) in [5.74, 6) is -1.10. The fourth-order valence-corrected chi connectivity index (χ4v) is 6.38. The number of hydrogen-bond acceptors (Lipinski definition) is 6. The number of hydrogen-bond donors (Lipinski definition) is 0. The van der Waals surface area contributed by atoms with Crippen LogP contribution in [0.4, 0.5) is 0 Å². The largest absolute Gasteiger partial charge is 0.462 e. The molecule has 0 aliphatic carbocycles. The first-order valence-electron chi connectivity index (χ1n) is 26.0. The van der Waals surface area contributed by atoms with Crippen molar-refractivity contribution in [3.63, 3.8) is 0 Å². The highest BCUT2D eigenvalue weighted by Gasteiger charge is 2.19. The molecule has 368 valence electrons. The number of unbranched alkanes of at least 4 members (excludes halogenated alkanes) is 16. The number of rotatable bonds is 44. The van der Waals surface area contributed by atoms with E-state index >= 15 is 0 Å². The second kappa shape index (κ2) is 52.9. The third-order valence-corrected chi connectivity index (χ3v) is 10.3. The van der Waals surface area contributed by atoms with Gasteiger partial charge in [0.15, 0.2) is 6.10 Å². The van der Waals surface area contributed by atoms with Crippen LogP contribution in [0.3, 0.4) is 0 Å². The van der Waals surface area contributed by atoms with Gasteiger partial charge >= 0.3 is 17.9 Å². The topological polar surface area (TPSA) is 78.9 Å². The van der Waals surface area contributed by atoms with Crippen LogP contribution in [0.15, 0.2) is 146 Å². The Kier molecular flexibility index (Phi) is 49.1. The van der Waals surface area contributed by atoms with E-state index in [4.69, 9.17) is 14.2 Å². The molecule has 66 heavy (non-hydrogen) atoms. The molecule has 6 heteroatoms. The third kappa shape index (κ3) is 50.3. The molecule has 0 aromatic rings. The van der Waals surface area contributed by atoms with Gasteiger partial charge in [-0.1, -0.05) is 231 Å². The minimum absolute atomic E-state index is 0.139. The van der Waals surface area contributed by atoms with Crippen molar-refractivity contribution in [2.45, 2.75) is 200 Å². The van der Waals surface area contributed by atoms with Crippen molar-refractivity contribution in [1.29, 1.82) is 0 Å². The van der Waals surface area contributed by atoms with Crippen LogP contribution in [0.25, 0.3) is 0 Å². The summed E-state index contributed by atoms with van der Waals surface area (Å²) < 4.78 is 16.7. The summed E-state index contributed by atoms with van der Waals surface area (Å²) in [6.45, 7) is 6.29. The first-order valence-corrected chi connectivity index (χ1v) is 26.0. The Bertz CT molecular complexity index is 1510. The Hall–Kier alpha value is -4.71. The van der Waals surface area contributed by atoms with E-state index in [0.29, 0.717) is 19.3 Å². The van der Waals surface area contributed by atoms with Crippen molar-refractivity contribution in [3.05, 3.63) is 146 Å². The number of allylic oxidation sites excluding steroid dienone is 24. The zero-order chi connectivity index (χ0) is 47.9. The van der Waals surface area contributed by atoms with Crippen LogP contribution in [-0.4, -0.2) is 37.2 Å². The molecule has 1 unspecified atom stereocenters. The van der Waals surface area contributed by atoms with Gasteiger partial charge in [0.2, 0.25) is 0 Å². The van der Waals surface area contributed by atoms with Gasteiger partial charge in [-0.05, 0) is 89.9 Å². The first-order chi connectivity index (χ1) is 32.5. The van der Waals surface area contributed by atoms with Crippen molar-refractivity contribution >= 4 is 17.9 Å². The molecule has 0 rings (SSSR count). The van der Waals surface area contributed by atoms with Gasteiger partial charge in [0.05, 0.1) is 0 Å². The Morgan fingerprint density at radius 2 is 0.667 bits per heavy atom. The van der Waals surface area contributed by atoms with Crippen molar-refractivity contribution in [2.75, 3.05) is 13.2 Å². The molecule has 0 aliphatic rings. The minimum Gasteiger partial charge on any atom is -0.462 e. The van der Waals surface area contributed by atoms with Crippen LogP contribution in [0, 0.1) is 0 Å². The zero-order valence-electron chi connectivity index (χ0n) is 41.9. The van der Waals surface area contributed by atoms with Crippen molar-refractivity contribution in [3.8, 4) is 0 Å². The van der Waals surface area contributed by atoms with Crippen molar-refractivity contribution in [2.24, 2.45) is 0 Å². The second-order valence-electron chi connectivity index (χ2n) is 16.6. The lowest BCUT2D eigenvalue weighted by molar-refractivity contribution is -0.167. The Morgan fingerprint density at radius 1 is 0.333 bits per heavy atom. The molecule has 0 aromatic carbocycles. The van der Waals surface area contributed by atoms with Gasteiger partial charge in [-0.25, -0.2) is 0 Å².